The van der Waals surface area contributed by atoms with Gasteiger partial charge in [-0.3, -0.25) is 38.7 Å². The lowest BCUT2D eigenvalue weighted by molar-refractivity contribution is -0.143. The van der Waals surface area contributed by atoms with Gasteiger partial charge in [0.1, 0.15) is 27.7 Å². The molecule has 5 saturated carbocycles. The van der Waals surface area contributed by atoms with Crippen molar-refractivity contribution in [1.29, 1.82) is 0 Å². The minimum absolute atomic E-state index is 0.296. The topological polar surface area (TPSA) is 119 Å². The zero-order valence-electron chi connectivity index (χ0n) is 53.1. The summed E-state index contributed by atoms with van der Waals surface area (Å²) < 4.78 is 0. The van der Waals surface area contributed by atoms with Gasteiger partial charge in [-0.2, -0.15) is 0 Å². The van der Waals surface area contributed by atoms with Gasteiger partial charge in [0, 0.05) is 57.8 Å². The van der Waals surface area contributed by atoms with Crippen LogP contribution in [0.25, 0.3) is 0 Å². The van der Waals surface area contributed by atoms with Gasteiger partial charge in [-0.05, 0) is 165 Å². The molecule has 2 N–H and O–H groups in total. The van der Waals surface area contributed by atoms with E-state index in [0.29, 0.717) is 47.8 Å². The van der Waals surface area contributed by atoms with E-state index in [1.165, 1.54) is 66.3 Å². The minimum atomic E-state index is -0.426. The number of Topliss-reactive ketones (excluding diaryl/α,β-unsaturated/α-hetero) is 5. The van der Waals surface area contributed by atoms with Gasteiger partial charge < -0.3 is 10.6 Å². The van der Waals surface area contributed by atoms with Gasteiger partial charge >= 0.3 is 0 Å². The lowest BCUT2D eigenvalue weighted by Gasteiger charge is -2.53. The SMILES string of the molecule is CC1CCN1C1(c2ccccc2)CCCCC1=O.CC1CN(C2(c3ccccc3)CCCCC2=O)C1.CNC1(c2ccc(C)cc2)CCCCC1=O.CNC1(c2cccc(C)c2)CCCCC1=O.O=C1CCCCC1(c1ccccc1)N1CCCC1. The molecule has 8 fully saturated rings. The molecule has 10 nitrogen and oxygen atoms in total. The molecular weight excluding hydrogens is 1060 g/mol. The summed E-state index contributed by atoms with van der Waals surface area (Å²) in [5.41, 5.74) is 6.57. The molecule has 0 spiro atoms. The first-order chi connectivity index (χ1) is 41.7. The van der Waals surface area contributed by atoms with E-state index < -0.39 is 11.1 Å². The first-order valence-electron chi connectivity index (χ1n) is 33.3. The van der Waals surface area contributed by atoms with E-state index in [1.54, 1.807) is 0 Å². The molecule has 3 aliphatic heterocycles. The number of likely N-dealkylation sites (N-methyl/N-ethyl adjacent to an activating group) is 2. The molecule has 13 rings (SSSR count). The number of aryl methyl sites for hydroxylation is 2. The fourth-order valence-corrected chi connectivity index (χ4v) is 16.0. The van der Waals surface area contributed by atoms with Gasteiger partial charge in [0.05, 0.1) is 0 Å². The Hall–Kier alpha value is -5.75. The number of carbonyl (C=O) groups is 5. The number of likely N-dealkylation sites (tertiary alicyclic amines) is 3. The third-order valence-electron chi connectivity index (χ3n) is 21.0. The van der Waals surface area contributed by atoms with Crippen molar-refractivity contribution in [2.24, 2.45) is 5.92 Å². The molecule has 6 atom stereocenters. The van der Waals surface area contributed by atoms with Gasteiger partial charge in [-0.1, -0.05) is 190 Å². The second kappa shape index (κ2) is 29.5. The number of ketones is 5. The Morgan fingerprint density at radius 2 is 0.767 bits per heavy atom. The minimum Gasteiger partial charge on any atom is -0.304 e. The highest BCUT2D eigenvalue weighted by Crippen LogP contribution is 2.46. The van der Waals surface area contributed by atoms with E-state index in [2.05, 4.69) is 168 Å². The monoisotopic (exact) mass is 1160 g/mol. The van der Waals surface area contributed by atoms with Crippen molar-refractivity contribution in [3.63, 3.8) is 0 Å². The molecular formula is C76H101N5O5. The highest BCUT2D eigenvalue weighted by molar-refractivity contribution is 5.93. The first-order valence-corrected chi connectivity index (χ1v) is 33.3. The maximum atomic E-state index is 12.7. The van der Waals surface area contributed by atoms with E-state index >= 15 is 0 Å². The summed E-state index contributed by atoms with van der Waals surface area (Å²) in [5.74, 6) is 2.73. The summed E-state index contributed by atoms with van der Waals surface area (Å²) in [6.07, 6.45) is 23.3. The quantitative estimate of drug-likeness (QED) is 0.140. The summed E-state index contributed by atoms with van der Waals surface area (Å²) in [6, 6.07) is 48.4. The summed E-state index contributed by atoms with van der Waals surface area (Å²) >= 11 is 0. The number of benzene rings is 5. The predicted molar refractivity (Wildman–Crippen MR) is 348 cm³/mol. The van der Waals surface area contributed by atoms with Crippen molar-refractivity contribution in [3.05, 3.63) is 178 Å². The Morgan fingerprint density at radius 3 is 1.15 bits per heavy atom. The summed E-state index contributed by atoms with van der Waals surface area (Å²) in [4.78, 5) is 69.6. The fourth-order valence-electron chi connectivity index (χ4n) is 16.0. The Bertz CT molecular complexity index is 2960. The molecule has 10 heteroatoms. The molecule has 0 amide bonds. The predicted octanol–water partition coefficient (Wildman–Crippen LogP) is 14.3. The molecule has 6 unspecified atom stereocenters. The maximum absolute atomic E-state index is 12.7. The van der Waals surface area contributed by atoms with Crippen LogP contribution in [0.3, 0.4) is 0 Å². The highest BCUT2D eigenvalue weighted by Gasteiger charge is 2.52. The number of hydrogen-bond acceptors (Lipinski definition) is 10. The van der Waals surface area contributed by atoms with E-state index in [1.807, 2.05) is 38.4 Å². The molecule has 86 heavy (non-hydrogen) atoms. The molecule has 3 heterocycles. The number of rotatable bonds is 10. The van der Waals surface area contributed by atoms with Crippen LogP contribution in [0.1, 0.15) is 200 Å². The number of nitrogens with one attached hydrogen (secondary N) is 2. The average molecular weight is 1160 g/mol. The summed E-state index contributed by atoms with van der Waals surface area (Å²) in [7, 11) is 3.79. The van der Waals surface area contributed by atoms with Gasteiger partial charge in [0.2, 0.25) is 0 Å². The van der Waals surface area contributed by atoms with Crippen LogP contribution in [-0.4, -0.2) is 96.5 Å². The van der Waals surface area contributed by atoms with Crippen LogP contribution in [-0.2, 0) is 51.7 Å². The molecule has 0 bridgehead atoms. The zero-order chi connectivity index (χ0) is 60.8. The van der Waals surface area contributed by atoms with E-state index in [0.717, 1.165) is 146 Å². The maximum Gasteiger partial charge on any atom is 0.157 e. The van der Waals surface area contributed by atoms with Crippen molar-refractivity contribution in [3.8, 4) is 0 Å². The van der Waals surface area contributed by atoms with Crippen molar-refractivity contribution in [2.45, 2.75) is 209 Å². The normalized spacial score (nSPS) is 29.0. The van der Waals surface area contributed by atoms with Crippen LogP contribution < -0.4 is 10.6 Å². The van der Waals surface area contributed by atoms with Gasteiger partial charge in [-0.25, -0.2) is 0 Å². The van der Waals surface area contributed by atoms with Crippen molar-refractivity contribution >= 4 is 28.9 Å². The molecule has 5 aliphatic carbocycles. The van der Waals surface area contributed by atoms with E-state index in [4.69, 9.17) is 0 Å². The molecule has 460 valence electrons. The highest BCUT2D eigenvalue weighted by atomic mass is 16.1. The lowest BCUT2D eigenvalue weighted by Crippen LogP contribution is -2.62. The fraction of sp³-hybridized carbons (Fsp3) is 0.539. The van der Waals surface area contributed by atoms with Crippen LogP contribution in [0, 0.1) is 19.8 Å². The molecule has 0 radical (unpaired) electrons. The van der Waals surface area contributed by atoms with Crippen molar-refractivity contribution in [2.75, 3.05) is 46.8 Å². The second-order valence-corrected chi connectivity index (χ2v) is 26.4. The number of carbonyl (C=O) groups excluding carboxylic acids is 5. The Morgan fingerprint density at radius 1 is 0.372 bits per heavy atom. The molecule has 0 aromatic heterocycles. The zero-order valence-corrected chi connectivity index (χ0v) is 53.1. The molecule has 5 aromatic carbocycles. The second-order valence-electron chi connectivity index (χ2n) is 26.4. The molecule has 8 aliphatic rings. The smallest absolute Gasteiger partial charge is 0.157 e. The van der Waals surface area contributed by atoms with Crippen molar-refractivity contribution in [1.82, 2.24) is 25.3 Å². The van der Waals surface area contributed by atoms with Crippen LogP contribution in [0.4, 0.5) is 0 Å². The Balaban J connectivity index is 0.000000129. The third kappa shape index (κ3) is 13.5. The Kier molecular flexibility index (Phi) is 22.2. The van der Waals surface area contributed by atoms with Crippen LogP contribution >= 0.6 is 0 Å². The average Bonchev–Trinajstić information content (AvgIpc) is 0.980. The Labute approximate surface area is 516 Å². The third-order valence-corrected chi connectivity index (χ3v) is 21.0. The summed E-state index contributed by atoms with van der Waals surface area (Å²) in [5, 5.41) is 6.51. The van der Waals surface area contributed by atoms with Crippen LogP contribution in [0.2, 0.25) is 0 Å². The summed E-state index contributed by atoms with van der Waals surface area (Å²) in [6.45, 7) is 14.0. The number of hydrogen-bond donors (Lipinski definition) is 2. The van der Waals surface area contributed by atoms with E-state index in [-0.39, 0.29) is 16.6 Å². The number of nitrogens with zero attached hydrogens (tertiary/aromatic N) is 3. The van der Waals surface area contributed by atoms with Crippen LogP contribution in [0.5, 0.6) is 0 Å². The van der Waals surface area contributed by atoms with Crippen LogP contribution in [0.15, 0.2) is 140 Å². The van der Waals surface area contributed by atoms with E-state index in [9.17, 15) is 24.0 Å². The van der Waals surface area contributed by atoms with Crippen molar-refractivity contribution < 1.29 is 24.0 Å². The standard InChI is InChI=1S/3C16H21NO.2C14H19NO/c1-13-10-12-17(13)16(11-6-5-9-15(16)18)14-7-3-2-4-8-14;1-13-11-17(12-13)16(10-6-5-9-15(16)18)14-7-3-2-4-8-14;18-15-10-4-5-11-16(15,17-12-6-7-13-17)14-8-2-1-3-9-14;1-11-6-5-7-12(10-11)14(15-2)9-4-3-8-13(14)16;1-11-6-8-12(9-7-11)14(15-2)10-4-3-5-13(14)16/h2*2-4,7-8,13H,5-6,9-12H2,1H3;1-3,8-9H,4-7,10-13H2;5-7,10,15H,3-4,8-9H2,1-2H3;6-9,15H,3-5,10H2,1-2H3. The van der Waals surface area contributed by atoms with Gasteiger partial charge in [0.25, 0.3) is 0 Å². The largest absolute Gasteiger partial charge is 0.304 e. The van der Waals surface area contributed by atoms with Gasteiger partial charge in [-0.15, -0.1) is 0 Å². The molecule has 5 aromatic rings. The lowest BCUT2D eigenvalue weighted by atomic mass is 9.72. The van der Waals surface area contributed by atoms with Gasteiger partial charge in [0.15, 0.2) is 28.9 Å². The first kappa shape index (κ1) is 64.7. The molecule has 3 saturated heterocycles.